The third kappa shape index (κ3) is 3.33. The molecule has 0 saturated carbocycles. The Kier molecular flexibility index (Phi) is 4.98. The molecule has 1 aliphatic carbocycles. The molecule has 4 rings (SSSR count). The van der Waals surface area contributed by atoms with E-state index in [1.165, 1.54) is 0 Å². The van der Waals surface area contributed by atoms with E-state index in [-0.39, 0.29) is 30.2 Å². The van der Waals surface area contributed by atoms with Gasteiger partial charge in [-0.15, -0.1) is 0 Å². The Morgan fingerprint density at radius 3 is 2.50 bits per heavy atom. The lowest BCUT2D eigenvalue weighted by molar-refractivity contribution is 0.0908. The van der Waals surface area contributed by atoms with Gasteiger partial charge in [-0.25, -0.2) is 8.42 Å². The topological polar surface area (TPSA) is 54.5 Å². The molecule has 5 heteroatoms. The lowest BCUT2D eigenvalue weighted by Crippen LogP contribution is -2.38. The van der Waals surface area contributed by atoms with Crippen LogP contribution in [0.5, 0.6) is 0 Å². The van der Waals surface area contributed by atoms with Gasteiger partial charge in [-0.05, 0) is 44.9 Å². The summed E-state index contributed by atoms with van der Waals surface area (Å²) in [6, 6.07) is 14.4. The van der Waals surface area contributed by atoms with E-state index in [1.807, 2.05) is 50.2 Å². The molecule has 28 heavy (non-hydrogen) atoms. The predicted octanol–water partition coefficient (Wildman–Crippen LogP) is 4.14. The van der Waals surface area contributed by atoms with Crippen molar-refractivity contribution in [2.75, 3.05) is 6.54 Å². The van der Waals surface area contributed by atoms with Gasteiger partial charge in [-0.3, -0.25) is 4.79 Å². The molecule has 0 unspecified atom stereocenters. The summed E-state index contributed by atoms with van der Waals surface area (Å²) in [5.74, 6) is -0.377. The number of sulfonamides is 1. The van der Waals surface area contributed by atoms with Crippen molar-refractivity contribution in [2.24, 2.45) is 11.8 Å². The van der Waals surface area contributed by atoms with Crippen molar-refractivity contribution in [3.05, 3.63) is 77.4 Å². The van der Waals surface area contributed by atoms with Crippen molar-refractivity contribution >= 4 is 15.8 Å². The average Bonchev–Trinajstić information content (AvgIpc) is 3.08. The van der Waals surface area contributed by atoms with Crippen molar-refractivity contribution in [3.8, 4) is 0 Å². The van der Waals surface area contributed by atoms with E-state index in [0.717, 1.165) is 24.0 Å². The summed E-state index contributed by atoms with van der Waals surface area (Å²) in [5, 5.41) is 0. The summed E-state index contributed by atoms with van der Waals surface area (Å²) >= 11 is 0. The zero-order valence-corrected chi connectivity index (χ0v) is 17.0. The van der Waals surface area contributed by atoms with Gasteiger partial charge in [0.25, 0.3) is 0 Å². The maximum Gasteiger partial charge on any atom is 0.243 e. The van der Waals surface area contributed by atoms with Crippen LogP contribution in [0.15, 0.2) is 65.6 Å². The van der Waals surface area contributed by atoms with Gasteiger partial charge in [0, 0.05) is 30.0 Å². The summed E-state index contributed by atoms with van der Waals surface area (Å²) in [6.07, 6.45) is 5.73. The number of carbonyl (C=O) groups excluding carboxylic acids is 1. The van der Waals surface area contributed by atoms with Crippen LogP contribution in [0.1, 0.15) is 34.3 Å². The number of fused-ring (bicyclic) bond motifs is 1. The number of benzene rings is 2. The number of rotatable bonds is 4. The molecule has 1 saturated heterocycles. The highest BCUT2D eigenvalue weighted by Gasteiger charge is 2.49. The highest BCUT2D eigenvalue weighted by molar-refractivity contribution is 7.89. The van der Waals surface area contributed by atoms with Crippen LogP contribution in [0.4, 0.5) is 0 Å². The third-order valence-electron chi connectivity index (χ3n) is 5.91. The standard InChI is InChI=1S/C23H25NO3S/c1-16-10-12-19(13-11-16)28(26,27)24-15-21(20-8-3-4-9-22(20)24)23(25)18-7-5-6-17(2)14-18/h3,5-8,10-14,20-22H,4,9,15H2,1-2H3/t20-,21+,22-/m1/s1. The molecule has 2 aromatic rings. The van der Waals surface area contributed by atoms with E-state index in [2.05, 4.69) is 12.2 Å². The first-order valence-corrected chi connectivity index (χ1v) is 11.2. The molecule has 0 bridgehead atoms. The number of carbonyl (C=O) groups is 1. The minimum atomic E-state index is -3.64. The maximum atomic E-state index is 13.3. The highest BCUT2D eigenvalue weighted by Crippen LogP contribution is 2.41. The van der Waals surface area contributed by atoms with Crippen molar-refractivity contribution in [3.63, 3.8) is 0 Å². The van der Waals surface area contributed by atoms with Crippen LogP contribution in [-0.4, -0.2) is 31.1 Å². The Labute approximate surface area is 166 Å². The van der Waals surface area contributed by atoms with Gasteiger partial charge in [-0.2, -0.15) is 4.31 Å². The highest BCUT2D eigenvalue weighted by atomic mass is 32.2. The van der Waals surface area contributed by atoms with Crippen LogP contribution in [-0.2, 0) is 10.0 Å². The first kappa shape index (κ1) is 19.1. The minimum Gasteiger partial charge on any atom is -0.294 e. The molecule has 3 atom stereocenters. The largest absolute Gasteiger partial charge is 0.294 e. The normalized spacial score (nSPS) is 24.9. The van der Waals surface area contributed by atoms with Crippen LogP contribution in [0.25, 0.3) is 0 Å². The second kappa shape index (κ2) is 7.30. The molecule has 4 nitrogen and oxygen atoms in total. The monoisotopic (exact) mass is 395 g/mol. The van der Waals surface area contributed by atoms with Crippen molar-refractivity contribution in [2.45, 2.75) is 37.6 Å². The van der Waals surface area contributed by atoms with Crippen molar-refractivity contribution < 1.29 is 13.2 Å². The molecular formula is C23H25NO3S. The molecule has 0 spiro atoms. The van der Waals surface area contributed by atoms with Crippen LogP contribution in [0.3, 0.4) is 0 Å². The molecule has 146 valence electrons. The fourth-order valence-electron chi connectivity index (χ4n) is 4.42. The molecular weight excluding hydrogens is 370 g/mol. The second-order valence-corrected chi connectivity index (χ2v) is 9.77. The van der Waals surface area contributed by atoms with Crippen LogP contribution in [0.2, 0.25) is 0 Å². The fraction of sp³-hybridized carbons (Fsp3) is 0.348. The summed E-state index contributed by atoms with van der Waals surface area (Å²) in [4.78, 5) is 13.6. The number of allylic oxidation sites excluding steroid dienone is 1. The number of aryl methyl sites for hydroxylation is 2. The molecule has 1 fully saturated rings. The molecule has 0 amide bonds. The number of hydrogen-bond acceptors (Lipinski definition) is 3. The van der Waals surface area contributed by atoms with Crippen molar-refractivity contribution in [1.82, 2.24) is 4.31 Å². The van der Waals surface area contributed by atoms with Gasteiger partial charge in [0.05, 0.1) is 4.90 Å². The Bertz CT molecular complexity index is 1020. The Hall–Kier alpha value is -2.24. The van der Waals surface area contributed by atoms with Gasteiger partial charge in [-0.1, -0.05) is 53.6 Å². The Balaban J connectivity index is 1.70. The zero-order chi connectivity index (χ0) is 19.9. The number of nitrogens with zero attached hydrogens (tertiary/aromatic N) is 1. The molecule has 2 aromatic carbocycles. The smallest absolute Gasteiger partial charge is 0.243 e. The lowest BCUT2D eigenvalue weighted by atomic mass is 9.81. The van der Waals surface area contributed by atoms with Crippen LogP contribution < -0.4 is 0 Å². The summed E-state index contributed by atoms with van der Waals surface area (Å²) < 4.78 is 28.3. The first-order valence-electron chi connectivity index (χ1n) is 9.74. The van der Waals surface area contributed by atoms with Gasteiger partial charge >= 0.3 is 0 Å². The fourth-order valence-corrected chi connectivity index (χ4v) is 6.13. The Morgan fingerprint density at radius 1 is 1.04 bits per heavy atom. The molecule has 2 aliphatic rings. The van der Waals surface area contributed by atoms with Crippen LogP contribution in [0, 0.1) is 25.7 Å². The molecule has 0 radical (unpaired) electrons. The molecule has 1 heterocycles. The maximum absolute atomic E-state index is 13.3. The van der Waals surface area contributed by atoms with E-state index >= 15 is 0 Å². The van der Waals surface area contributed by atoms with E-state index < -0.39 is 10.0 Å². The van der Waals surface area contributed by atoms with Gasteiger partial charge in [0.1, 0.15) is 0 Å². The van der Waals surface area contributed by atoms with E-state index in [1.54, 1.807) is 16.4 Å². The van der Waals surface area contributed by atoms with Crippen molar-refractivity contribution in [1.29, 1.82) is 0 Å². The SMILES string of the molecule is Cc1ccc(S(=O)(=O)N2C[C@H](C(=O)c3cccc(C)c3)[C@H]3C=CCC[C@H]32)cc1. The second-order valence-electron chi connectivity index (χ2n) is 7.88. The van der Waals surface area contributed by atoms with Gasteiger partial charge in [0.15, 0.2) is 5.78 Å². The number of ketones is 1. The molecule has 0 aromatic heterocycles. The zero-order valence-electron chi connectivity index (χ0n) is 16.2. The number of Topliss-reactive ketones (excluding diaryl/α,β-unsaturated/α-hetero) is 1. The Morgan fingerprint density at radius 2 is 1.79 bits per heavy atom. The molecule has 0 N–H and O–H groups in total. The lowest BCUT2D eigenvalue weighted by Gasteiger charge is -2.28. The summed E-state index contributed by atoms with van der Waals surface area (Å²) in [6.45, 7) is 4.14. The number of hydrogen-bond donors (Lipinski definition) is 0. The van der Waals surface area contributed by atoms with Crippen LogP contribution >= 0.6 is 0 Å². The molecule has 1 aliphatic heterocycles. The average molecular weight is 396 g/mol. The van der Waals surface area contributed by atoms with Gasteiger partial charge in [0.2, 0.25) is 10.0 Å². The summed E-state index contributed by atoms with van der Waals surface area (Å²) in [5.41, 5.74) is 2.72. The quantitative estimate of drug-likeness (QED) is 0.577. The van der Waals surface area contributed by atoms with E-state index in [4.69, 9.17) is 0 Å². The predicted molar refractivity (Wildman–Crippen MR) is 110 cm³/mol. The van der Waals surface area contributed by atoms with E-state index in [9.17, 15) is 13.2 Å². The minimum absolute atomic E-state index is 0.0341. The van der Waals surface area contributed by atoms with E-state index in [0.29, 0.717) is 10.5 Å². The summed E-state index contributed by atoms with van der Waals surface area (Å²) in [7, 11) is -3.64. The third-order valence-corrected chi connectivity index (χ3v) is 7.81. The first-order chi connectivity index (χ1) is 13.4. The van der Waals surface area contributed by atoms with Gasteiger partial charge < -0.3 is 0 Å².